The van der Waals surface area contributed by atoms with Crippen LogP contribution < -0.4 is 5.32 Å². The Balaban J connectivity index is 2.75. The molecular weight excluding hydrogens is 242 g/mol. The van der Waals surface area contributed by atoms with Crippen LogP contribution in [0.2, 0.25) is 0 Å². The fourth-order valence-corrected chi connectivity index (χ4v) is 3.15. The summed E-state index contributed by atoms with van der Waals surface area (Å²) in [6.07, 6.45) is 2.43. The van der Waals surface area contributed by atoms with Gasteiger partial charge in [0.05, 0.1) is 6.10 Å². The summed E-state index contributed by atoms with van der Waals surface area (Å²) in [7, 11) is 1.82. The first kappa shape index (κ1) is 15.7. The first-order valence-corrected chi connectivity index (χ1v) is 7.65. The zero-order valence-corrected chi connectivity index (χ0v) is 13.1. The van der Waals surface area contributed by atoms with Crippen LogP contribution in [0.25, 0.3) is 0 Å². The maximum absolute atomic E-state index is 5.76. The van der Waals surface area contributed by atoms with Gasteiger partial charge in [-0.2, -0.15) is 0 Å². The maximum atomic E-state index is 5.76. The second kappa shape index (κ2) is 7.27. The molecule has 1 heterocycles. The number of hydrogen-bond donors (Lipinski definition) is 1. The zero-order valence-electron chi connectivity index (χ0n) is 12.3. The van der Waals surface area contributed by atoms with Crippen molar-refractivity contribution in [3.05, 3.63) is 22.4 Å². The first-order valence-electron chi connectivity index (χ1n) is 6.77. The van der Waals surface area contributed by atoms with Gasteiger partial charge in [0.15, 0.2) is 0 Å². The van der Waals surface area contributed by atoms with Gasteiger partial charge >= 0.3 is 0 Å². The third kappa shape index (κ3) is 4.71. The molecule has 18 heavy (non-hydrogen) atoms. The van der Waals surface area contributed by atoms with E-state index in [0.29, 0.717) is 6.04 Å². The molecule has 0 aliphatic rings. The molecule has 2 atom stereocenters. The number of thiophene rings is 1. The van der Waals surface area contributed by atoms with Gasteiger partial charge in [-0.25, -0.2) is 0 Å². The lowest BCUT2D eigenvalue weighted by atomic mass is 9.83. The molecule has 0 aliphatic heterocycles. The van der Waals surface area contributed by atoms with Crippen molar-refractivity contribution in [1.29, 1.82) is 0 Å². The van der Waals surface area contributed by atoms with Crippen molar-refractivity contribution in [3.63, 3.8) is 0 Å². The van der Waals surface area contributed by atoms with Gasteiger partial charge in [-0.15, -0.1) is 11.3 Å². The van der Waals surface area contributed by atoms with Crippen molar-refractivity contribution in [2.45, 2.75) is 52.7 Å². The highest BCUT2D eigenvalue weighted by Gasteiger charge is 2.32. The molecule has 1 aromatic rings. The van der Waals surface area contributed by atoms with Crippen LogP contribution in [0, 0.1) is 5.41 Å². The number of hydrogen-bond acceptors (Lipinski definition) is 3. The number of ether oxygens (including phenoxy) is 1. The van der Waals surface area contributed by atoms with Crippen molar-refractivity contribution in [3.8, 4) is 0 Å². The largest absolute Gasteiger partial charge is 0.379 e. The summed E-state index contributed by atoms with van der Waals surface area (Å²) < 4.78 is 5.76. The van der Waals surface area contributed by atoms with E-state index >= 15 is 0 Å². The van der Waals surface area contributed by atoms with E-state index in [-0.39, 0.29) is 11.5 Å². The van der Waals surface area contributed by atoms with Crippen LogP contribution in [0.3, 0.4) is 0 Å². The molecular formula is C15H27NOS. The molecule has 1 aromatic heterocycles. The molecule has 3 heteroatoms. The minimum Gasteiger partial charge on any atom is -0.379 e. The van der Waals surface area contributed by atoms with Gasteiger partial charge in [-0.1, -0.05) is 33.8 Å². The van der Waals surface area contributed by atoms with Gasteiger partial charge in [0.25, 0.3) is 0 Å². The third-order valence-electron chi connectivity index (χ3n) is 3.13. The Kier molecular flexibility index (Phi) is 6.33. The van der Waals surface area contributed by atoms with E-state index in [1.807, 2.05) is 18.4 Å². The second-order valence-corrected chi connectivity index (χ2v) is 6.90. The van der Waals surface area contributed by atoms with Crippen molar-refractivity contribution >= 4 is 11.3 Å². The zero-order chi connectivity index (χ0) is 13.6. The molecule has 0 fully saturated rings. The quantitative estimate of drug-likeness (QED) is 0.814. The van der Waals surface area contributed by atoms with E-state index in [0.717, 1.165) is 19.4 Å². The lowest BCUT2D eigenvalue weighted by Gasteiger charge is -2.36. The molecule has 0 aromatic carbocycles. The molecule has 104 valence electrons. The van der Waals surface area contributed by atoms with Gasteiger partial charge in [0.2, 0.25) is 0 Å². The highest BCUT2D eigenvalue weighted by molar-refractivity contribution is 7.09. The van der Waals surface area contributed by atoms with Gasteiger partial charge in [-0.05, 0) is 36.2 Å². The predicted molar refractivity (Wildman–Crippen MR) is 80.4 cm³/mol. The maximum Gasteiger partial charge on any atom is 0.0775 e. The minimum atomic E-state index is 0.150. The Hall–Kier alpha value is -0.380. The average molecular weight is 269 g/mol. The second-order valence-electron chi connectivity index (χ2n) is 5.87. The Morgan fingerprint density at radius 1 is 1.39 bits per heavy atom. The van der Waals surface area contributed by atoms with Crippen LogP contribution in [-0.2, 0) is 11.2 Å². The predicted octanol–water partition coefficient (Wildman–Crippen LogP) is 3.72. The number of rotatable bonds is 7. The summed E-state index contributed by atoms with van der Waals surface area (Å²) in [6, 6.07) is 4.71. The van der Waals surface area contributed by atoms with Crippen LogP contribution >= 0.6 is 11.3 Å². The first-order chi connectivity index (χ1) is 8.49. The van der Waals surface area contributed by atoms with Crippen LogP contribution in [0.4, 0.5) is 0 Å². The van der Waals surface area contributed by atoms with E-state index in [2.05, 4.69) is 50.5 Å². The molecule has 0 radical (unpaired) electrons. The van der Waals surface area contributed by atoms with E-state index < -0.39 is 0 Å². The molecule has 0 amide bonds. The van der Waals surface area contributed by atoms with Gasteiger partial charge in [-0.3, -0.25) is 0 Å². The van der Waals surface area contributed by atoms with Crippen LogP contribution in [0.1, 0.15) is 39.0 Å². The standard InChI is InChI=1S/C15H27NOS/c1-6-9-16-13(11-12-8-7-10-18-12)14(17-5)15(2,3)4/h7-8,10,13-14,16H,6,9,11H2,1-5H3. The number of methoxy groups -OCH3 is 1. The summed E-state index contributed by atoms with van der Waals surface area (Å²) in [5.41, 5.74) is 0.150. The van der Waals surface area contributed by atoms with Crippen molar-refractivity contribution in [2.75, 3.05) is 13.7 Å². The van der Waals surface area contributed by atoms with Crippen LogP contribution in [0.5, 0.6) is 0 Å². The molecule has 0 aliphatic carbocycles. The summed E-state index contributed by atoms with van der Waals surface area (Å²) in [6.45, 7) is 9.99. The van der Waals surface area contributed by atoms with Gasteiger partial charge in [0.1, 0.15) is 0 Å². The highest BCUT2D eigenvalue weighted by atomic mass is 32.1. The van der Waals surface area contributed by atoms with Crippen molar-refractivity contribution in [1.82, 2.24) is 5.32 Å². The molecule has 0 saturated carbocycles. The Morgan fingerprint density at radius 3 is 2.56 bits per heavy atom. The Morgan fingerprint density at radius 2 is 2.11 bits per heavy atom. The molecule has 0 bridgehead atoms. The fourth-order valence-electron chi connectivity index (χ4n) is 2.38. The third-order valence-corrected chi connectivity index (χ3v) is 4.03. The Bertz CT molecular complexity index is 316. The summed E-state index contributed by atoms with van der Waals surface area (Å²) in [5, 5.41) is 5.79. The molecule has 0 spiro atoms. The van der Waals surface area contributed by atoms with Crippen molar-refractivity contribution in [2.24, 2.45) is 5.41 Å². The monoisotopic (exact) mass is 269 g/mol. The van der Waals surface area contributed by atoms with Gasteiger partial charge < -0.3 is 10.1 Å². The van der Waals surface area contributed by atoms with Crippen LogP contribution in [-0.4, -0.2) is 25.8 Å². The van der Waals surface area contributed by atoms with E-state index in [1.54, 1.807) is 0 Å². The minimum absolute atomic E-state index is 0.150. The average Bonchev–Trinajstić information content (AvgIpc) is 2.77. The molecule has 2 nitrogen and oxygen atoms in total. The summed E-state index contributed by atoms with van der Waals surface area (Å²) >= 11 is 1.83. The molecule has 1 N–H and O–H groups in total. The lowest BCUT2D eigenvalue weighted by Crippen LogP contribution is -2.49. The molecule has 0 saturated heterocycles. The lowest BCUT2D eigenvalue weighted by molar-refractivity contribution is -0.0107. The van der Waals surface area contributed by atoms with E-state index in [9.17, 15) is 0 Å². The highest BCUT2D eigenvalue weighted by Crippen LogP contribution is 2.27. The Labute approximate surface area is 116 Å². The van der Waals surface area contributed by atoms with Crippen LogP contribution in [0.15, 0.2) is 17.5 Å². The molecule has 1 rings (SSSR count). The van der Waals surface area contributed by atoms with Crippen molar-refractivity contribution < 1.29 is 4.74 Å². The fraction of sp³-hybridized carbons (Fsp3) is 0.733. The van der Waals surface area contributed by atoms with Gasteiger partial charge in [0, 0.05) is 18.0 Å². The van der Waals surface area contributed by atoms with E-state index in [4.69, 9.17) is 4.74 Å². The smallest absolute Gasteiger partial charge is 0.0775 e. The molecule has 2 unspecified atom stereocenters. The van der Waals surface area contributed by atoms with E-state index in [1.165, 1.54) is 4.88 Å². The number of nitrogens with one attached hydrogen (secondary N) is 1. The summed E-state index contributed by atoms with van der Waals surface area (Å²) in [4.78, 5) is 1.43. The SMILES string of the molecule is CCCNC(Cc1cccs1)C(OC)C(C)(C)C. The normalized spacial score (nSPS) is 15.6. The summed E-state index contributed by atoms with van der Waals surface area (Å²) in [5.74, 6) is 0. The topological polar surface area (TPSA) is 21.3 Å².